The Morgan fingerprint density at radius 1 is 1.36 bits per heavy atom. The van der Waals surface area contributed by atoms with Crippen molar-refractivity contribution >= 4 is 5.91 Å². The molecule has 1 aliphatic rings. The van der Waals surface area contributed by atoms with Crippen molar-refractivity contribution in [3.63, 3.8) is 0 Å². The van der Waals surface area contributed by atoms with Crippen LogP contribution in [0.15, 0.2) is 30.7 Å². The maximum Gasteiger partial charge on any atom is 0.573 e. The Bertz CT molecular complexity index is 950. The minimum atomic E-state index is -4.92. The second-order valence-electron chi connectivity index (χ2n) is 8.24. The lowest BCUT2D eigenvalue weighted by Crippen LogP contribution is -2.52. The van der Waals surface area contributed by atoms with Gasteiger partial charge in [0.15, 0.2) is 5.75 Å². The highest BCUT2D eigenvalue weighted by Gasteiger charge is 2.36. The maximum absolute atomic E-state index is 13.0. The van der Waals surface area contributed by atoms with Crippen LogP contribution in [0.3, 0.4) is 0 Å². The van der Waals surface area contributed by atoms with Gasteiger partial charge in [-0.15, -0.1) is 13.2 Å². The lowest BCUT2D eigenvalue weighted by Gasteiger charge is -2.35. The highest BCUT2D eigenvalue weighted by molar-refractivity contribution is 5.82. The molecule has 1 fully saturated rings. The number of nitrogens with zero attached hydrogens (tertiary/aromatic N) is 3. The Morgan fingerprint density at radius 2 is 2.12 bits per heavy atom. The fraction of sp³-hybridized carbons (Fsp3) is 0.550. The number of pyridine rings is 1. The molecule has 3 heterocycles. The van der Waals surface area contributed by atoms with Crippen molar-refractivity contribution < 1.29 is 36.2 Å². The summed E-state index contributed by atoms with van der Waals surface area (Å²) in [7, 11) is 0. The Morgan fingerprint density at radius 3 is 2.79 bits per heavy atom. The maximum atomic E-state index is 13.0. The number of rotatable bonds is 8. The molecule has 0 bridgehead atoms. The largest absolute Gasteiger partial charge is 0.573 e. The van der Waals surface area contributed by atoms with Crippen LogP contribution in [0, 0.1) is 5.41 Å². The predicted molar refractivity (Wildman–Crippen MR) is 106 cm³/mol. The van der Waals surface area contributed by atoms with Gasteiger partial charge in [0, 0.05) is 30.9 Å². The first kappa shape index (κ1) is 24.7. The minimum absolute atomic E-state index is 0.275. The summed E-state index contributed by atoms with van der Waals surface area (Å²) < 4.78 is 73.4. The molecule has 1 aliphatic heterocycles. The van der Waals surface area contributed by atoms with Crippen molar-refractivity contribution in [3.05, 3.63) is 36.3 Å². The molecule has 0 saturated carbocycles. The van der Waals surface area contributed by atoms with Gasteiger partial charge in [-0.1, -0.05) is 0 Å². The number of aromatic nitrogens is 3. The summed E-state index contributed by atoms with van der Waals surface area (Å²) in [6.07, 6.45) is -0.530. The van der Waals surface area contributed by atoms with Crippen LogP contribution in [0.25, 0.3) is 0 Å². The van der Waals surface area contributed by atoms with E-state index in [4.69, 9.17) is 4.74 Å². The number of hydrogen-bond donors (Lipinski definition) is 2. The van der Waals surface area contributed by atoms with Crippen molar-refractivity contribution in [1.29, 1.82) is 0 Å². The predicted octanol–water partition coefficient (Wildman–Crippen LogP) is 3.24. The molecule has 1 saturated heterocycles. The summed E-state index contributed by atoms with van der Waals surface area (Å²) in [5.41, 5.74) is -0.584. The number of hydrogen-bond acceptors (Lipinski definition) is 6. The van der Waals surface area contributed by atoms with Crippen LogP contribution >= 0.6 is 0 Å². The number of ether oxygens (including phenoxy) is 2. The van der Waals surface area contributed by atoms with Gasteiger partial charge in [0.1, 0.15) is 6.61 Å². The van der Waals surface area contributed by atoms with E-state index in [0.29, 0.717) is 29.8 Å². The third-order valence-corrected chi connectivity index (χ3v) is 5.19. The number of piperidine rings is 1. The van der Waals surface area contributed by atoms with Crippen LogP contribution in [0.4, 0.5) is 22.0 Å². The second-order valence-corrected chi connectivity index (χ2v) is 8.24. The Hall–Kier alpha value is -2.96. The molecular weight excluding hydrogens is 453 g/mol. The van der Waals surface area contributed by atoms with E-state index in [-0.39, 0.29) is 18.6 Å². The van der Waals surface area contributed by atoms with Crippen LogP contribution in [0.5, 0.6) is 11.6 Å². The smallest absolute Gasteiger partial charge is 0.474 e. The first-order valence-electron chi connectivity index (χ1n) is 10.1. The molecule has 33 heavy (non-hydrogen) atoms. The zero-order valence-corrected chi connectivity index (χ0v) is 17.9. The molecule has 2 aromatic heterocycles. The summed E-state index contributed by atoms with van der Waals surface area (Å²) in [6.45, 7) is 1.18. The van der Waals surface area contributed by atoms with E-state index in [1.54, 1.807) is 13.8 Å². The third kappa shape index (κ3) is 6.53. The molecule has 0 spiro atoms. The molecule has 0 unspecified atom stereocenters. The number of alkyl halides is 5. The summed E-state index contributed by atoms with van der Waals surface area (Å²) in [5, 5.41) is 9.75. The van der Waals surface area contributed by atoms with Gasteiger partial charge in [0.25, 0.3) is 5.88 Å². The van der Waals surface area contributed by atoms with Gasteiger partial charge in [-0.2, -0.15) is 13.9 Å². The Balaban J connectivity index is 1.66. The standard InChI is InChI=1S/C20H24F5N5O3/c1-19(2,11-32-16-15(4-3-6-27-16)33-20(23,24)25)17(31)29-14-5-7-26-9-13(14)12-8-28-30(10-12)18(21)22/h3-4,6,8,10,13-14,18,26H,5,7,9,11H2,1-2H3,(H,29,31)/t13-,14+/m0/s1. The number of nitrogens with one attached hydrogen (secondary N) is 2. The number of carbonyl (C=O) groups excluding carboxylic acids is 1. The van der Waals surface area contributed by atoms with E-state index in [0.717, 1.165) is 6.07 Å². The van der Waals surface area contributed by atoms with Gasteiger partial charge >= 0.3 is 12.9 Å². The van der Waals surface area contributed by atoms with Gasteiger partial charge in [0.05, 0.1) is 11.6 Å². The zero-order valence-electron chi connectivity index (χ0n) is 17.9. The molecule has 182 valence electrons. The normalized spacial score (nSPS) is 19.4. The van der Waals surface area contributed by atoms with Gasteiger partial charge in [-0.25, -0.2) is 9.67 Å². The Kier molecular flexibility index (Phi) is 7.40. The summed E-state index contributed by atoms with van der Waals surface area (Å²) >= 11 is 0. The average Bonchev–Trinajstić information content (AvgIpc) is 3.23. The topological polar surface area (TPSA) is 90.3 Å². The molecule has 0 aliphatic carbocycles. The lowest BCUT2D eigenvalue weighted by molar-refractivity contribution is -0.275. The molecule has 8 nitrogen and oxygen atoms in total. The highest BCUT2D eigenvalue weighted by Crippen LogP contribution is 2.31. The van der Waals surface area contributed by atoms with Crippen molar-refractivity contribution in [2.45, 2.75) is 45.1 Å². The molecule has 0 aromatic carbocycles. The number of amides is 1. The summed E-state index contributed by atoms with van der Waals surface area (Å²) in [5.74, 6) is -1.70. The second kappa shape index (κ2) is 9.89. The number of halogens is 5. The molecular formula is C20H24F5N5O3. The average molecular weight is 477 g/mol. The van der Waals surface area contributed by atoms with E-state index in [1.807, 2.05) is 0 Å². The van der Waals surface area contributed by atoms with Crippen molar-refractivity contribution in [2.75, 3.05) is 19.7 Å². The van der Waals surface area contributed by atoms with Gasteiger partial charge in [-0.3, -0.25) is 4.79 Å². The van der Waals surface area contributed by atoms with Crippen molar-refractivity contribution in [2.24, 2.45) is 5.41 Å². The third-order valence-electron chi connectivity index (χ3n) is 5.19. The molecule has 3 rings (SSSR count). The van der Waals surface area contributed by atoms with E-state index in [1.165, 1.54) is 24.7 Å². The number of carbonyl (C=O) groups is 1. The van der Waals surface area contributed by atoms with E-state index in [9.17, 15) is 26.7 Å². The van der Waals surface area contributed by atoms with Crippen LogP contribution < -0.4 is 20.1 Å². The monoisotopic (exact) mass is 477 g/mol. The molecule has 2 aromatic rings. The van der Waals surface area contributed by atoms with Crippen molar-refractivity contribution in [1.82, 2.24) is 25.4 Å². The summed E-state index contributed by atoms with van der Waals surface area (Å²) in [4.78, 5) is 16.7. The summed E-state index contributed by atoms with van der Waals surface area (Å²) in [6, 6.07) is 1.97. The van der Waals surface area contributed by atoms with Gasteiger partial charge in [0.2, 0.25) is 5.91 Å². The minimum Gasteiger partial charge on any atom is -0.474 e. The van der Waals surface area contributed by atoms with Crippen LogP contribution in [-0.2, 0) is 4.79 Å². The van der Waals surface area contributed by atoms with E-state index in [2.05, 4.69) is 25.5 Å². The fourth-order valence-electron chi connectivity index (χ4n) is 3.40. The molecule has 13 heteroatoms. The quantitative estimate of drug-likeness (QED) is 0.568. The fourth-order valence-corrected chi connectivity index (χ4v) is 3.40. The molecule has 0 radical (unpaired) electrons. The Labute approximate surface area is 186 Å². The van der Waals surface area contributed by atoms with E-state index < -0.39 is 35.9 Å². The first-order valence-corrected chi connectivity index (χ1v) is 10.1. The first-order chi connectivity index (χ1) is 15.5. The van der Waals surface area contributed by atoms with Crippen LogP contribution in [0.1, 0.15) is 38.3 Å². The van der Waals surface area contributed by atoms with Gasteiger partial charge < -0.3 is 20.1 Å². The zero-order chi connectivity index (χ0) is 24.2. The van der Waals surface area contributed by atoms with Crippen LogP contribution in [-0.4, -0.2) is 52.8 Å². The lowest BCUT2D eigenvalue weighted by atomic mass is 9.86. The van der Waals surface area contributed by atoms with Gasteiger partial charge in [-0.05, 0) is 44.5 Å². The van der Waals surface area contributed by atoms with E-state index >= 15 is 0 Å². The SMILES string of the molecule is CC(C)(COc1ncccc1OC(F)(F)F)C(=O)N[C@@H]1CCNC[C@H]1c1cnn(C(F)F)c1. The molecule has 2 atom stereocenters. The molecule has 1 amide bonds. The van der Waals surface area contributed by atoms with Crippen LogP contribution in [0.2, 0.25) is 0 Å². The highest BCUT2D eigenvalue weighted by atomic mass is 19.4. The molecule has 2 N–H and O–H groups in total. The van der Waals surface area contributed by atoms with Crippen molar-refractivity contribution in [3.8, 4) is 11.6 Å².